The van der Waals surface area contributed by atoms with Gasteiger partial charge in [0.2, 0.25) is 0 Å². The van der Waals surface area contributed by atoms with Gasteiger partial charge in [0.05, 0.1) is 6.42 Å². The van der Waals surface area contributed by atoms with Gasteiger partial charge in [-0.1, -0.05) is 6.08 Å². The molecule has 2 aromatic rings. The Balaban J connectivity index is 2.14. The Kier molecular flexibility index (Phi) is 2.04. The summed E-state index contributed by atoms with van der Waals surface area (Å²) in [5.41, 5.74) is 2.06. The highest BCUT2D eigenvalue weighted by Crippen LogP contribution is 2.35. The normalized spacial score (nSPS) is 13.2. The molecule has 2 aromatic heterocycles. The first-order valence-electron chi connectivity index (χ1n) is 5.02. The first kappa shape index (κ1) is 9.54. The monoisotopic (exact) mass is 231 g/mol. The van der Waals surface area contributed by atoms with Gasteiger partial charge in [0, 0.05) is 16.5 Å². The zero-order valence-corrected chi connectivity index (χ0v) is 9.25. The lowest BCUT2D eigenvalue weighted by molar-refractivity contribution is -0.136. The molecule has 0 unspecified atom stereocenters. The van der Waals surface area contributed by atoms with Crippen molar-refractivity contribution in [2.75, 3.05) is 0 Å². The second-order valence-electron chi connectivity index (χ2n) is 3.82. The van der Waals surface area contributed by atoms with Crippen molar-refractivity contribution in [1.82, 2.24) is 4.98 Å². The van der Waals surface area contributed by atoms with E-state index in [0.717, 1.165) is 22.2 Å². The summed E-state index contributed by atoms with van der Waals surface area (Å²) in [6.45, 7) is 0. The first-order valence-corrected chi connectivity index (χ1v) is 5.84. The van der Waals surface area contributed by atoms with Crippen molar-refractivity contribution in [2.45, 2.75) is 12.8 Å². The first-order chi connectivity index (χ1) is 7.74. The second kappa shape index (κ2) is 3.42. The topological polar surface area (TPSA) is 50.2 Å². The molecule has 16 heavy (non-hydrogen) atoms. The smallest absolute Gasteiger partial charge is 0.307 e. The van der Waals surface area contributed by atoms with Crippen molar-refractivity contribution < 1.29 is 9.90 Å². The van der Waals surface area contributed by atoms with Crippen LogP contribution in [0.5, 0.6) is 0 Å². The van der Waals surface area contributed by atoms with Crippen molar-refractivity contribution >= 4 is 33.6 Å². The van der Waals surface area contributed by atoms with E-state index in [2.05, 4.69) is 17.1 Å². The molecule has 0 aliphatic heterocycles. The number of allylic oxidation sites excluding steroid dienone is 1. The molecule has 1 aliphatic rings. The van der Waals surface area contributed by atoms with Crippen molar-refractivity contribution in [1.29, 1.82) is 0 Å². The van der Waals surface area contributed by atoms with Crippen LogP contribution in [0.1, 0.15) is 16.0 Å². The SMILES string of the molecule is O=C(O)Cc1cnc2sc3c(c2c1)CC=C3. The maximum absolute atomic E-state index is 10.6. The van der Waals surface area contributed by atoms with Crippen molar-refractivity contribution in [3.05, 3.63) is 34.3 Å². The van der Waals surface area contributed by atoms with Crippen LogP contribution in [0.25, 0.3) is 16.3 Å². The predicted molar refractivity (Wildman–Crippen MR) is 63.7 cm³/mol. The number of nitrogens with zero attached hydrogens (tertiary/aromatic N) is 1. The van der Waals surface area contributed by atoms with Gasteiger partial charge in [0.1, 0.15) is 4.83 Å². The Bertz CT molecular complexity index is 613. The molecule has 0 aromatic carbocycles. The summed E-state index contributed by atoms with van der Waals surface area (Å²) >= 11 is 1.67. The summed E-state index contributed by atoms with van der Waals surface area (Å²) in [5.74, 6) is -0.814. The van der Waals surface area contributed by atoms with Gasteiger partial charge in [-0.05, 0) is 29.7 Å². The van der Waals surface area contributed by atoms with E-state index < -0.39 is 5.97 Å². The van der Waals surface area contributed by atoms with Crippen molar-refractivity contribution in [3.8, 4) is 0 Å². The third kappa shape index (κ3) is 1.42. The Morgan fingerprint density at radius 2 is 2.44 bits per heavy atom. The van der Waals surface area contributed by atoms with Crippen LogP contribution >= 0.6 is 11.3 Å². The molecule has 0 spiro atoms. The molecule has 4 heteroatoms. The second-order valence-corrected chi connectivity index (χ2v) is 4.85. The molecular weight excluding hydrogens is 222 g/mol. The number of carboxylic acids is 1. The number of hydrogen-bond donors (Lipinski definition) is 1. The van der Waals surface area contributed by atoms with Gasteiger partial charge >= 0.3 is 5.97 Å². The van der Waals surface area contributed by atoms with Gasteiger partial charge in [-0.25, -0.2) is 4.98 Å². The standard InChI is InChI=1S/C12H9NO2S/c14-11(15)5-7-4-9-8-2-1-3-10(8)16-12(9)13-6-7/h1,3-4,6H,2,5H2,(H,14,15). The Morgan fingerprint density at radius 1 is 1.56 bits per heavy atom. The lowest BCUT2D eigenvalue weighted by atomic mass is 10.1. The molecule has 0 radical (unpaired) electrons. The van der Waals surface area contributed by atoms with Gasteiger partial charge in [0.25, 0.3) is 0 Å². The highest BCUT2D eigenvalue weighted by Gasteiger charge is 2.14. The molecule has 3 rings (SSSR count). The minimum Gasteiger partial charge on any atom is -0.481 e. The molecule has 0 saturated carbocycles. The van der Waals surface area contributed by atoms with E-state index in [4.69, 9.17) is 5.11 Å². The van der Waals surface area contributed by atoms with Gasteiger partial charge in [-0.3, -0.25) is 4.79 Å². The number of hydrogen-bond acceptors (Lipinski definition) is 3. The van der Waals surface area contributed by atoms with Gasteiger partial charge in [0.15, 0.2) is 0 Å². The lowest BCUT2D eigenvalue weighted by Crippen LogP contribution is -2.00. The fourth-order valence-corrected chi connectivity index (χ4v) is 3.08. The minimum atomic E-state index is -0.814. The highest BCUT2D eigenvalue weighted by atomic mass is 32.1. The molecule has 0 amide bonds. The lowest BCUT2D eigenvalue weighted by Gasteiger charge is -1.98. The van der Waals surface area contributed by atoms with Gasteiger partial charge in [-0.2, -0.15) is 0 Å². The van der Waals surface area contributed by atoms with Crippen LogP contribution in [-0.2, 0) is 17.6 Å². The van der Waals surface area contributed by atoms with Crippen LogP contribution in [0, 0.1) is 0 Å². The molecule has 0 bridgehead atoms. The van der Waals surface area contributed by atoms with Gasteiger partial charge < -0.3 is 5.11 Å². The maximum Gasteiger partial charge on any atom is 0.307 e. The molecule has 2 heterocycles. The van der Waals surface area contributed by atoms with E-state index in [1.54, 1.807) is 17.5 Å². The molecule has 1 aliphatic carbocycles. The summed E-state index contributed by atoms with van der Waals surface area (Å²) in [4.78, 5) is 17.2. The Labute approximate surface area is 96.1 Å². The maximum atomic E-state index is 10.6. The van der Waals surface area contributed by atoms with E-state index in [1.807, 2.05) is 6.07 Å². The number of aromatic nitrogens is 1. The fraction of sp³-hybridized carbons (Fsp3) is 0.167. The Morgan fingerprint density at radius 3 is 3.25 bits per heavy atom. The molecule has 1 N–H and O–H groups in total. The van der Waals surface area contributed by atoms with E-state index in [1.165, 1.54) is 10.4 Å². The molecule has 0 atom stereocenters. The van der Waals surface area contributed by atoms with Crippen LogP contribution in [0.2, 0.25) is 0 Å². The summed E-state index contributed by atoms with van der Waals surface area (Å²) in [7, 11) is 0. The van der Waals surface area contributed by atoms with Crippen LogP contribution in [0.4, 0.5) is 0 Å². The number of pyridine rings is 1. The van der Waals surface area contributed by atoms with Gasteiger partial charge in [-0.15, -0.1) is 11.3 Å². The molecular formula is C12H9NO2S. The number of rotatable bonds is 2. The zero-order valence-electron chi connectivity index (χ0n) is 8.43. The summed E-state index contributed by atoms with van der Waals surface area (Å²) in [5, 5.41) is 9.86. The minimum absolute atomic E-state index is 0.0426. The Hall–Kier alpha value is -1.68. The summed E-state index contributed by atoms with van der Waals surface area (Å²) in [6, 6.07) is 1.96. The van der Waals surface area contributed by atoms with Crippen LogP contribution in [0.3, 0.4) is 0 Å². The van der Waals surface area contributed by atoms with Crippen molar-refractivity contribution in [2.24, 2.45) is 0 Å². The average molecular weight is 231 g/mol. The predicted octanol–water partition coefficient (Wildman–Crippen LogP) is 2.49. The van der Waals surface area contributed by atoms with Crippen LogP contribution in [0.15, 0.2) is 18.3 Å². The number of thiophene rings is 1. The molecule has 0 saturated heterocycles. The number of carbonyl (C=O) groups is 1. The molecule has 80 valence electrons. The van der Waals surface area contributed by atoms with E-state index >= 15 is 0 Å². The fourth-order valence-electron chi connectivity index (χ4n) is 1.99. The quantitative estimate of drug-likeness (QED) is 0.863. The summed E-state index contributed by atoms with van der Waals surface area (Å²) < 4.78 is 0. The average Bonchev–Trinajstić information content (AvgIpc) is 2.77. The van der Waals surface area contributed by atoms with E-state index in [9.17, 15) is 4.79 Å². The number of aliphatic carboxylic acids is 1. The van der Waals surface area contributed by atoms with Crippen LogP contribution < -0.4 is 0 Å². The zero-order chi connectivity index (χ0) is 11.1. The largest absolute Gasteiger partial charge is 0.481 e. The highest BCUT2D eigenvalue weighted by molar-refractivity contribution is 7.19. The van der Waals surface area contributed by atoms with Crippen molar-refractivity contribution in [3.63, 3.8) is 0 Å². The third-order valence-corrected chi connectivity index (χ3v) is 3.80. The number of fused-ring (bicyclic) bond motifs is 3. The molecule has 3 nitrogen and oxygen atoms in total. The van der Waals surface area contributed by atoms with E-state index in [0.29, 0.717) is 0 Å². The van der Waals surface area contributed by atoms with Crippen LogP contribution in [-0.4, -0.2) is 16.1 Å². The molecule has 0 fully saturated rings. The third-order valence-electron chi connectivity index (χ3n) is 2.68. The number of carboxylic acid groups (broad SMARTS) is 1. The summed E-state index contributed by atoms with van der Waals surface area (Å²) in [6.07, 6.45) is 6.88. The van der Waals surface area contributed by atoms with E-state index in [-0.39, 0.29) is 6.42 Å².